The maximum atomic E-state index is 12.4. The van der Waals surface area contributed by atoms with Gasteiger partial charge in [-0.05, 0) is 30.7 Å². The summed E-state index contributed by atoms with van der Waals surface area (Å²) in [5.74, 6) is 0.353. The molecule has 3 aromatic rings. The third kappa shape index (κ3) is 3.78. The molecule has 0 aliphatic carbocycles. The normalized spacial score (nSPS) is 10.6. The number of carbonyl (C=O) groups is 1. The van der Waals surface area contributed by atoms with Crippen molar-refractivity contribution in [2.75, 3.05) is 5.32 Å². The molecular weight excluding hydrogens is 345 g/mol. The molecule has 0 fully saturated rings. The number of nitrogens with zero attached hydrogens (tertiary/aromatic N) is 2. The minimum Gasteiger partial charge on any atom is -0.307 e. The zero-order chi connectivity index (χ0) is 17.1. The molecule has 1 N–H and O–H groups in total. The highest BCUT2D eigenvalue weighted by Crippen LogP contribution is 2.23. The lowest BCUT2D eigenvalue weighted by Crippen LogP contribution is -2.16. The minimum atomic E-state index is -0.265. The molecule has 0 radical (unpaired) electrons. The van der Waals surface area contributed by atoms with Crippen molar-refractivity contribution in [1.82, 2.24) is 9.78 Å². The molecule has 1 heterocycles. The molecular formula is C18H15Cl2N3O. The van der Waals surface area contributed by atoms with Gasteiger partial charge >= 0.3 is 0 Å². The van der Waals surface area contributed by atoms with Gasteiger partial charge in [0, 0.05) is 11.6 Å². The van der Waals surface area contributed by atoms with Crippen LogP contribution in [0.25, 0.3) is 0 Å². The molecule has 6 heteroatoms. The third-order valence-corrected chi connectivity index (χ3v) is 4.33. The van der Waals surface area contributed by atoms with Gasteiger partial charge in [-0.15, -0.1) is 0 Å². The van der Waals surface area contributed by atoms with E-state index < -0.39 is 0 Å². The molecule has 4 nitrogen and oxygen atoms in total. The van der Waals surface area contributed by atoms with E-state index in [0.717, 1.165) is 5.56 Å². The Morgan fingerprint density at radius 1 is 1.08 bits per heavy atom. The topological polar surface area (TPSA) is 46.9 Å². The molecule has 2 aromatic carbocycles. The molecule has 1 amide bonds. The standard InChI is InChI=1S/C18H15Cl2N3O/c1-12-2-4-13(5-3-12)11-23-17(8-9-21-23)22-18(24)14-6-7-15(19)16(20)10-14/h2-10H,11H2,1H3,(H,22,24). The second-order valence-corrected chi connectivity index (χ2v) is 6.26. The number of nitrogens with one attached hydrogen (secondary N) is 1. The Balaban J connectivity index is 1.76. The van der Waals surface area contributed by atoms with Gasteiger partial charge in [0.05, 0.1) is 22.8 Å². The number of benzene rings is 2. The lowest BCUT2D eigenvalue weighted by molar-refractivity contribution is 0.102. The zero-order valence-electron chi connectivity index (χ0n) is 13.0. The monoisotopic (exact) mass is 359 g/mol. The summed E-state index contributed by atoms with van der Waals surface area (Å²) in [4.78, 5) is 12.4. The van der Waals surface area contributed by atoms with Crippen LogP contribution in [0.15, 0.2) is 54.7 Å². The van der Waals surface area contributed by atoms with Crippen molar-refractivity contribution in [3.63, 3.8) is 0 Å². The summed E-state index contributed by atoms with van der Waals surface area (Å²) in [5.41, 5.74) is 2.74. The summed E-state index contributed by atoms with van der Waals surface area (Å²) in [6.07, 6.45) is 1.65. The Hall–Kier alpha value is -2.30. The summed E-state index contributed by atoms with van der Waals surface area (Å²) in [5, 5.41) is 7.87. The molecule has 0 saturated heterocycles. The molecule has 3 rings (SSSR count). The maximum absolute atomic E-state index is 12.4. The fraction of sp³-hybridized carbons (Fsp3) is 0.111. The van der Waals surface area contributed by atoms with Crippen molar-refractivity contribution in [3.05, 3.63) is 81.5 Å². The van der Waals surface area contributed by atoms with Crippen molar-refractivity contribution in [2.45, 2.75) is 13.5 Å². The minimum absolute atomic E-state index is 0.265. The number of aromatic nitrogens is 2. The molecule has 0 unspecified atom stereocenters. The first-order valence-electron chi connectivity index (χ1n) is 7.37. The summed E-state index contributed by atoms with van der Waals surface area (Å²) in [6, 6.07) is 14.7. The van der Waals surface area contributed by atoms with E-state index in [1.165, 1.54) is 5.56 Å². The second kappa shape index (κ2) is 7.07. The van der Waals surface area contributed by atoms with E-state index in [9.17, 15) is 4.79 Å². The van der Waals surface area contributed by atoms with Crippen LogP contribution < -0.4 is 5.32 Å². The Bertz CT molecular complexity index is 872. The Morgan fingerprint density at radius 3 is 2.54 bits per heavy atom. The molecule has 0 atom stereocenters. The van der Waals surface area contributed by atoms with E-state index >= 15 is 0 Å². The van der Waals surface area contributed by atoms with Gasteiger partial charge in [0.25, 0.3) is 5.91 Å². The highest BCUT2D eigenvalue weighted by Gasteiger charge is 2.11. The lowest BCUT2D eigenvalue weighted by atomic mass is 10.1. The van der Waals surface area contributed by atoms with Crippen molar-refractivity contribution in [2.24, 2.45) is 0 Å². The van der Waals surface area contributed by atoms with Gasteiger partial charge in [-0.25, -0.2) is 4.68 Å². The van der Waals surface area contributed by atoms with Crippen LogP contribution in [0.5, 0.6) is 0 Å². The van der Waals surface area contributed by atoms with Gasteiger partial charge in [0.15, 0.2) is 0 Å². The van der Waals surface area contributed by atoms with Gasteiger partial charge in [-0.3, -0.25) is 4.79 Å². The van der Waals surface area contributed by atoms with Crippen LogP contribution in [0, 0.1) is 6.92 Å². The number of halogens is 2. The molecule has 0 saturated carbocycles. The van der Waals surface area contributed by atoms with E-state index in [1.54, 1.807) is 35.1 Å². The number of hydrogen-bond acceptors (Lipinski definition) is 2. The largest absolute Gasteiger partial charge is 0.307 e. The van der Waals surface area contributed by atoms with Crippen LogP contribution in [0.4, 0.5) is 5.82 Å². The van der Waals surface area contributed by atoms with Crippen LogP contribution in [-0.2, 0) is 6.54 Å². The van der Waals surface area contributed by atoms with Crippen LogP contribution in [-0.4, -0.2) is 15.7 Å². The quantitative estimate of drug-likeness (QED) is 0.727. The molecule has 0 bridgehead atoms. The zero-order valence-corrected chi connectivity index (χ0v) is 14.5. The van der Waals surface area contributed by atoms with Crippen LogP contribution >= 0.6 is 23.2 Å². The average molecular weight is 360 g/mol. The first kappa shape index (κ1) is 16.6. The third-order valence-electron chi connectivity index (χ3n) is 3.59. The Kier molecular flexibility index (Phi) is 4.88. The van der Waals surface area contributed by atoms with E-state index in [0.29, 0.717) is 28.0 Å². The fourth-order valence-corrected chi connectivity index (χ4v) is 2.56. The van der Waals surface area contributed by atoms with E-state index in [4.69, 9.17) is 23.2 Å². The van der Waals surface area contributed by atoms with Crippen molar-refractivity contribution in [3.8, 4) is 0 Å². The predicted octanol–water partition coefficient (Wildman–Crippen LogP) is 4.80. The van der Waals surface area contributed by atoms with Crippen LogP contribution in [0.1, 0.15) is 21.5 Å². The van der Waals surface area contributed by atoms with Gasteiger partial charge in [-0.1, -0.05) is 53.0 Å². The van der Waals surface area contributed by atoms with E-state index in [-0.39, 0.29) is 5.91 Å². The molecule has 0 aliphatic heterocycles. The summed E-state index contributed by atoms with van der Waals surface area (Å²) >= 11 is 11.8. The Morgan fingerprint density at radius 2 is 1.83 bits per heavy atom. The first-order valence-corrected chi connectivity index (χ1v) is 8.12. The molecule has 0 spiro atoms. The molecule has 1 aromatic heterocycles. The van der Waals surface area contributed by atoms with Crippen molar-refractivity contribution in [1.29, 1.82) is 0 Å². The highest BCUT2D eigenvalue weighted by atomic mass is 35.5. The average Bonchev–Trinajstić information content (AvgIpc) is 2.99. The van der Waals surface area contributed by atoms with E-state index in [2.05, 4.69) is 10.4 Å². The predicted molar refractivity (Wildman–Crippen MR) is 96.9 cm³/mol. The van der Waals surface area contributed by atoms with Gasteiger partial charge in [0.2, 0.25) is 0 Å². The van der Waals surface area contributed by atoms with Gasteiger partial charge in [-0.2, -0.15) is 5.10 Å². The van der Waals surface area contributed by atoms with Crippen LogP contribution in [0.2, 0.25) is 10.0 Å². The SMILES string of the molecule is Cc1ccc(Cn2nccc2NC(=O)c2ccc(Cl)c(Cl)c2)cc1. The smallest absolute Gasteiger partial charge is 0.256 e. The molecule has 122 valence electrons. The number of carbonyl (C=O) groups excluding carboxylic acids is 1. The molecule has 0 aliphatic rings. The van der Waals surface area contributed by atoms with Gasteiger partial charge < -0.3 is 5.32 Å². The summed E-state index contributed by atoms with van der Waals surface area (Å²) in [6.45, 7) is 2.62. The molecule has 24 heavy (non-hydrogen) atoms. The number of anilines is 1. The number of hydrogen-bond donors (Lipinski definition) is 1. The highest BCUT2D eigenvalue weighted by molar-refractivity contribution is 6.42. The Labute approximate surface area is 150 Å². The lowest BCUT2D eigenvalue weighted by Gasteiger charge is -2.10. The van der Waals surface area contributed by atoms with Gasteiger partial charge in [0.1, 0.15) is 5.82 Å². The first-order chi connectivity index (χ1) is 11.5. The van der Waals surface area contributed by atoms with Crippen molar-refractivity contribution >= 4 is 34.9 Å². The summed E-state index contributed by atoms with van der Waals surface area (Å²) < 4.78 is 1.74. The van der Waals surface area contributed by atoms with Crippen LogP contribution in [0.3, 0.4) is 0 Å². The van der Waals surface area contributed by atoms with Crippen molar-refractivity contribution < 1.29 is 4.79 Å². The second-order valence-electron chi connectivity index (χ2n) is 5.44. The maximum Gasteiger partial charge on any atom is 0.256 e. The summed E-state index contributed by atoms with van der Waals surface area (Å²) in [7, 11) is 0. The fourth-order valence-electron chi connectivity index (χ4n) is 2.26. The number of aryl methyl sites for hydroxylation is 1. The number of amides is 1. The van der Waals surface area contributed by atoms with E-state index in [1.807, 2.05) is 31.2 Å². The number of rotatable bonds is 4.